The largest absolute Gasteiger partial charge is 0.496 e. The van der Waals surface area contributed by atoms with Gasteiger partial charge in [0.25, 0.3) is 10.0 Å². The second-order valence-electron chi connectivity index (χ2n) is 6.74. The van der Waals surface area contributed by atoms with Crippen molar-refractivity contribution in [2.24, 2.45) is 0 Å². The van der Waals surface area contributed by atoms with E-state index in [2.05, 4.69) is 4.72 Å². The summed E-state index contributed by atoms with van der Waals surface area (Å²) in [6.45, 7) is 1.04. The Hall–Kier alpha value is -1.37. The lowest BCUT2D eigenvalue weighted by Gasteiger charge is -2.20. The molecule has 1 heterocycles. The first-order chi connectivity index (χ1) is 13.7. The second-order valence-corrected chi connectivity index (χ2v) is 11.5. The molecule has 2 aromatic carbocycles. The average molecular weight is 550 g/mol. The predicted octanol–water partition coefficient (Wildman–Crippen LogP) is 3.67. The maximum Gasteiger partial charge on any atom is 0.261 e. The van der Waals surface area contributed by atoms with Crippen LogP contribution in [0.15, 0.2) is 52.3 Å². The fourth-order valence-electron chi connectivity index (χ4n) is 3.15. The molecule has 0 radical (unpaired) electrons. The fraction of sp³-hybridized carbons (Fsp3) is 0.368. The van der Waals surface area contributed by atoms with Gasteiger partial charge in [-0.1, -0.05) is 12.8 Å². The molecule has 7 nitrogen and oxygen atoms in total. The smallest absolute Gasteiger partial charge is 0.261 e. The molecule has 1 N–H and O–H groups in total. The first-order valence-corrected chi connectivity index (χ1v) is 13.2. The molecule has 0 atom stereocenters. The number of nitrogens with one attached hydrogen (secondary N) is 1. The Balaban J connectivity index is 1.78. The molecule has 0 aliphatic carbocycles. The van der Waals surface area contributed by atoms with E-state index in [1.807, 2.05) is 22.6 Å². The Morgan fingerprint density at radius 1 is 0.897 bits per heavy atom. The third-order valence-electron chi connectivity index (χ3n) is 4.74. The van der Waals surface area contributed by atoms with E-state index in [9.17, 15) is 16.8 Å². The quantitative estimate of drug-likeness (QED) is 0.555. The molecule has 29 heavy (non-hydrogen) atoms. The third-order valence-corrected chi connectivity index (χ3v) is 8.88. The van der Waals surface area contributed by atoms with Gasteiger partial charge in [0, 0.05) is 18.8 Å². The van der Waals surface area contributed by atoms with Crippen molar-refractivity contribution < 1.29 is 21.6 Å². The van der Waals surface area contributed by atoms with Gasteiger partial charge in [-0.05, 0) is 77.9 Å². The van der Waals surface area contributed by atoms with Crippen LogP contribution in [-0.2, 0) is 20.0 Å². The minimum absolute atomic E-state index is 0.101. The molecule has 0 spiro atoms. The normalized spacial score (nSPS) is 16.2. The van der Waals surface area contributed by atoms with E-state index in [1.54, 1.807) is 6.07 Å². The molecule has 2 aromatic rings. The molecule has 1 aliphatic rings. The molecule has 0 amide bonds. The van der Waals surface area contributed by atoms with Gasteiger partial charge < -0.3 is 4.74 Å². The van der Waals surface area contributed by atoms with Crippen LogP contribution >= 0.6 is 22.6 Å². The van der Waals surface area contributed by atoms with Gasteiger partial charge in [-0.15, -0.1) is 0 Å². The summed E-state index contributed by atoms with van der Waals surface area (Å²) in [6, 6.07) is 10.4. The topological polar surface area (TPSA) is 92.8 Å². The Kier molecular flexibility index (Phi) is 7.07. The minimum atomic E-state index is -3.80. The van der Waals surface area contributed by atoms with Gasteiger partial charge in [0.2, 0.25) is 10.0 Å². The van der Waals surface area contributed by atoms with Crippen LogP contribution in [-0.4, -0.2) is 41.3 Å². The Morgan fingerprint density at radius 3 is 2.03 bits per heavy atom. The van der Waals surface area contributed by atoms with Gasteiger partial charge in [0.1, 0.15) is 5.75 Å². The molecule has 0 saturated carbocycles. The Labute approximate surface area is 185 Å². The van der Waals surface area contributed by atoms with Crippen LogP contribution in [0.4, 0.5) is 5.69 Å². The van der Waals surface area contributed by atoms with E-state index in [4.69, 9.17) is 4.74 Å². The van der Waals surface area contributed by atoms with Crippen LogP contribution in [0, 0.1) is 3.57 Å². The molecule has 158 valence electrons. The lowest BCUT2D eigenvalue weighted by Crippen LogP contribution is -2.31. The number of rotatable bonds is 6. The standard InChI is InChI=1S/C19H23IN2O5S2/c1-27-19-11-10-17(14-18(19)20)28(23,24)21-15-6-8-16(9-7-15)29(25,26)22-12-4-2-3-5-13-22/h6-11,14,21H,2-5,12-13H2,1H3. The lowest BCUT2D eigenvalue weighted by atomic mass is 10.2. The maximum absolute atomic E-state index is 12.8. The summed E-state index contributed by atoms with van der Waals surface area (Å²) in [7, 11) is -5.86. The maximum atomic E-state index is 12.8. The van der Waals surface area contributed by atoms with Crippen molar-refractivity contribution in [3.05, 3.63) is 46.0 Å². The number of benzene rings is 2. The highest BCUT2D eigenvalue weighted by Crippen LogP contribution is 2.26. The first kappa shape index (κ1) is 22.3. The van der Waals surface area contributed by atoms with E-state index in [-0.39, 0.29) is 9.79 Å². The van der Waals surface area contributed by atoms with Gasteiger partial charge >= 0.3 is 0 Å². The highest BCUT2D eigenvalue weighted by atomic mass is 127. The predicted molar refractivity (Wildman–Crippen MR) is 120 cm³/mol. The van der Waals surface area contributed by atoms with Gasteiger partial charge in [0.05, 0.1) is 20.5 Å². The molecule has 0 bridgehead atoms. The number of anilines is 1. The summed E-state index contributed by atoms with van der Waals surface area (Å²) in [4.78, 5) is 0.269. The molecule has 10 heteroatoms. The number of methoxy groups -OCH3 is 1. The molecular formula is C19H23IN2O5S2. The van der Waals surface area contributed by atoms with Crippen molar-refractivity contribution in [1.82, 2.24) is 4.31 Å². The summed E-state index contributed by atoms with van der Waals surface area (Å²) in [6.07, 6.45) is 3.80. The second kappa shape index (κ2) is 9.19. The zero-order chi connectivity index (χ0) is 21.1. The molecule has 0 unspecified atom stereocenters. The average Bonchev–Trinajstić information content (AvgIpc) is 2.98. The van der Waals surface area contributed by atoms with Gasteiger partial charge in [-0.25, -0.2) is 16.8 Å². The fourth-order valence-corrected chi connectivity index (χ4v) is 6.70. The number of hydrogen-bond acceptors (Lipinski definition) is 5. The number of ether oxygens (including phenoxy) is 1. The van der Waals surface area contributed by atoms with Crippen molar-refractivity contribution >= 4 is 48.3 Å². The first-order valence-electron chi connectivity index (χ1n) is 9.20. The highest BCUT2D eigenvalue weighted by Gasteiger charge is 2.25. The number of halogens is 1. The van der Waals surface area contributed by atoms with E-state index in [0.717, 1.165) is 25.7 Å². The van der Waals surface area contributed by atoms with Gasteiger partial charge in [-0.2, -0.15) is 4.31 Å². The van der Waals surface area contributed by atoms with Gasteiger partial charge in [0.15, 0.2) is 0 Å². The van der Waals surface area contributed by atoms with Crippen molar-refractivity contribution in [3.63, 3.8) is 0 Å². The summed E-state index contributed by atoms with van der Waals surface area (Å²) >= 11 is 2.01. The third kappa shape index (κ3) is 5.22. The number of nitrogens with zero attached hydrogens (tertiary/aromatic N) is 1. The van der Waals surface area contributed by atoms with E-state index < -0.39 is 20.0 Å². The number of hydrogen-bond donors (Lipinski definition) is 1. The summed E-state index contributed by atoms with van der Waals surface area (Å²) in [5.74, 6) is 0.590. The molecule has 3 rings (SSSR count). The van der Waals surface area contributed by atoms with Crippen molar-refractivity contribution in [3.8, 4) is 5.75 Å². The minimum Gasteiger partial charge on any atom is -0.496 e. The Bertz CT molecular complexity index is 1060. The SMILES string of the molecule is COc1ccc(S(=O)(=O)Nc2ccc(S(=O)(=O)N3CCCCCC3)cc2)cc1I. The Morgan fingerprint density at radius 2 is 1.48 bits per heavy atom. The molecule has 1 fully saturated rings. The van der Waals surface area contributed by atoms with Crippen LogP contribution in [0.25, 0.3) is 0 Å². The summed E-state index contributed by atoms with van der Waals surface area (Å²) < 4.78 is 60.8. The van der Waals surface area contributed by atoms with E-state index in [0.29, 0.717) is 28.1 Å². The molecular weight excluding hydrogens is 527 g/mol. The van der Waals surface area contributed by atoms with Crippen LogP contribution in [0.3, 0.4) is 0 Å². The van der Waals surface area contributed by atoms with Crippen molar-refractivity contribution in [2.45, 2.75) is 35.5 Å². The molecule has 1 saturated heterocycles. The zero-order valence-corrected chi connectivity index (χ0v) is 19.8. The van der Waals surface area contributed by atoms with Crippen molar-refractivity contribution in [2.75, 3.05) is 24.9 Å². The summed E-state index contributed by atoms with van der Waals surface area (Å²) in [5, 5.41) is 0. The van der Waals surface area contributed by atoms with Gasteiger partial charge in [-0.3, -0.25) is 4.72 Å². The number of sulfonamides is 2. The monoisotopic (exact) mass is 550 g/mol. The molecule has 0 aromatic heterocycles. The van der Waals surface area contributed by atoms with Crippen LogP contribution in [0.1, 0.15) is 25.7 Å². The lowest BCUT2D eigenvalue weighted by molar-refractivity contribution is 0.411. The van der Waals surface area contributed by atoms with E-state index >= 15 is 0 Å². The van der Waals surface area contributed by atoms with Crippen LogP contribution in [0.2, 0.25) is 0 Å². The summed E-state index contributed by atoms with van der Waals surface area (Å²) in [5.41, 5.74) is 0.297. The molecule has 1 aliphatic heterocycles. The van der Waals surface area contributed by atoms with Crippen molar-refractivity contribution in [1.29, 1.82) is 0 Å². The van der Waals surface area contributed by atoms with E-state index in [1.165, 1.54) is 47.8 Å². The van der Waals surface area contributed by atoms with Crippen LogP contribution in [0.5, 0.6) is 5.75 Å². The van der Waals surface area contributed by atoms with Crippen LogP contribution < -0.4 is 9.46 Å². The zero-order valence-electron chi connectivity index (χ0n) is 16.0. The highest BCUT2D eigenvalue weighted by molar-refractivity contribution is 14.1.